The zero-order valence-electron chi connectivity index (χ0n) is 18.2. The first-order valence-electron chi connectivity index (χ1n) is 10.9. The number of ether oxygens (including phenoxy) is 1. The van der Waals surface area contributed by atoms with Crippen LogP contribution in [0.25, 0.3) is 11.3 Å². The predicted octanol–water partition coefficient (Wildman–Crippen LogP) is 6.67. The SMILES string of the molecule is CCCCCCCSc1nnc2c(n1)O[C@H](c1cc([N+](=O)[O-])ccc1Cl)Nc1ccccc1-2. The fraction of sp³-hybridized carbons (Fsp3) is 0.348. The normalized spacial score (nSPS) is 14.4. The summed E-state index contributed by atoms with van der Waals surface area (Å²) in [7, 11) is 0. The minimum atomic E-state index is -0.789. The Morgan fingerprint density at radius 3 is 2.79 bits per heavy atom. The van der Waals surface area contributed by atoms with Gasteiger partial charge < -0.3 is 10.1 Å². The fourth-order valence-electron chi connectivity index (χ4n) is 3.56. The molecule has 0 saturated carbocycles. The van der Waals surface area contributed by atoms with E-state index in [-0.39, 0.29) is 5.69 Å². The number of nitro benzene ring substituents is 1. The van der Waals surface area contributed by atoms with Crippen LogP contribution in [0.2, 0.25) is 5.02 Å². The zero-order chi connectivity index (χ0) is 23.2. The van der Waals surface area contributed by atoms with Crippen LogP contribution in [0.4, 0.5) is 11.4 Å². The van der Waals surface area contributed by atoms with Gasteiger partial charge in [0.1, 0.15) is 0 Å². The van der Waals surface area contributed by atoms with Crippen LogP contribution in [0.5, 0.6) is 5.88 Å². The van der Waals surface area contributed by atoms with E-state index in [0.29, 0.717) is 27.3 Å². The van der Waals surface area contributed by atoms with Gasteiger partial charge in [-0.15, -0.1) is 10.2 Å². The molecule has 10 heteroatoms. The molecule has 0 fully saturated rings. The van der Waals surface area contributed by atoms with Gasteiger partial charge in [-0.1, -0.05) is 74.2 Å². The third-order valence-electron chi connectivity index (χ3n) is 5.29. The third kappa shape index (κ3) is 5.54. The van der Waals surface area contributed by atoms with Crippen molar-refractivity contribution < 1.29 is 9.66 Å². The molecule has 0 amide bonds. The summed E-state index contributed by atoms with van der Waals surface area (Å²) in [5.74, 6) is 1.21. The van der Waals surface area contributed by atoms with Gasteiger partial charge in [0.05, 0.1) is 4.92 Å². The number of anilines is 1. The summed E-state index contributed by atoms with van der Waals surface area (Å²) in [6, 6.07) is 11.8. The quantitative estimate of drug-likeness (QED) is 0.155. The molecule has 0 spiro atoms. The number of nitro groups is 1. The van der Waals surface area contributed by atoms with E-state index in [9.17, 15) is 10.1 Å². The lowest BCUT2D eigenvalue weighted by molar-refractivity contribution is -0.385. The Morgan fingerprint density at radius 1 is 1.15 bits per heavy atom. The van der Waals surface area contributed by atoms with Crippen molar-refractivity contribution in [2.45, 2.75) is 50.4 Å². The first-order chi connectivity index (χ1) is 16.1. The van der Waals surface area contributed by atoms with E-state index in [1.54, 1.807) is 11.8 Å². The Kier molecular flexibility index (Phi) is 7.61. The molecule has 33 heavy (non-hydrogen) atoms. The minimum absolute atomic E-state index is 0.0716. The van der Waals surface area contributed by atoms with Crippen molar-refractivity contribution in [1.29, 1.82) is 0 Å². The van der Waals surface area contributed by atoms with Crippen LogP contribution in [0.15, 0.2) is 47.6 Å². The lowest BCUT2D eigenvalue weighted by Crippen LogP contribution is -2.18. The van der Waals surface area contributed by atoms with Crippen LogP contribution in [0, 0.1) is 10.1 Å². The molecule has 0 unspecified atom stereocenters. The Balaban J connectivity index is 1.63. The van der Waals surface area contributed by atoms with E-state index in [1.165, 1.54) is 43.9 Å². The van der Waals surface area contributed by atoms with Gasteiger partial charge in [0.25, 0.3) is 5.69 Å². The summed E-state index contributed by atoms with van der Waals surface area (Å²) in [5, 5.41) is 24.2. The summed E-state index contributed by atoms with van der Waals surface area (Å²) in [4.78, 5) is 15.5. The zero-order valence-corrected chi connectivity index (χ0v) is 19.7. The second kappa shape index (κ2) is 10.8. The highest BCUT2D eigenvalue weighted by molar-refractivity contribution is 7.99. The van der Waals surface area contributed by atoms with E-state index >= 15 is 0 Å². The van der Waals surface area contributed by atoms with Crippen molar-refractivity contribution in [2.24, 2.45) is 0 Å². The minimum Gasteiger partial charge on any atom is -0.448 e. The van der Waals surface area contributed by atoms with Gasteiger partial charge in [0, 0.05) is 39.7 Å². The first-order valence-corrected chi connectivity index (χ1v) is 12.3. The summed E-state index contributed by atoms with van der Waals surface area (Å²) in [6.07, 6.45) is 5.18. The van der Waals surface area contributed by atoms with Crippen LogP contribution < -0.4 is 10.1 Å². The van der Waals surface area contributed by atoms with Crippen molar-refractivity contribution in [3.8, 4) is 17.1 Å². The van der Waals surface area contributed by atoms with Gasteiger partial charge in [0.2, 0.25) is 11.0 Å². The number of fused-ring (bicyclic) bond motifs is 3. The second-order valence-corrected chi connectivity index (χ2v) is 9.13. The number of hydrogen-bond acceptors (Lipinski definition) is 8. The average molecular weight is 486 g/mol. The van der Waals surface area contributed by atoms with Crippen LogP contribution in [-0.4, -0.2) is 25.9 Å². The number of thioether (sulfide) groups is 1. The monoisotopic (exact) mass is 485 g/mol. The maximum atomic E-state index is 11.3. The molecule has 2 aromatic carbocycles. The number of nitrogens with zero attached hydrogens (tertiary/aromatic N) is 4. The number of aromatic nitrogens is 3. The van der Waals surface area contributed by atoms with Crippen LogP contribution in [0.3, 0.4) is 0 Å². The summed E-state index contributed by atoms with van der Waals surface area (Å²) in [5.41, 5.74) is 2.41. The second-order valence-electron chi connectivity index (χ2n) is 7.66. The molecule has 1 aromatic heterocycles. The van der Waals surface area contributed by atoms with Gasteiger partial charge in [-0.25, -0.2) is 0 Å². The van der Waals surface area contributed by atoms with Gasteiger partial charge in [0.15, 0.2) is 11.9 Å². The van der Waals surface area contributed by atoms with E-state index in [2.05, 4.69) is 27.4 Å². The van der Waals surface area contributed by atoms with Crippen LogP contribution in [-0.2, 0) is 0 Å². The van der Waals surface area contributed by atoms with Crippen molar-refractivity contribution in [3.63, 3.8) is 0 Å². The first kappa shape index (κ1) is 23.3. The molecular weight excluding hydrogens is 462 g/mol. The molecule has 1 aliphatic heterocycles. The number of nitrogens with one attached hydrogen (secondary N) is 1. The van der Waals surface area contributed by atoms with Crippen LogP contribution in [0.1, 0.15) is 50.8 Å². The molecule has 0 radical (unpaired) electrons. The molecule has 3 aromatic rings. The highest BCUT2D eigenvalue weighted by Crippen LogP contribution is 2.41. The van der Waals surface area contributed by atoms with Gasteiger partial charge in [-0.3, -0.25) is 10.1 Å². The lowest BCUT2D eigenvalue weighted by Gasteiger charge is -2.20. The molecule has 172 valence electrons. The molecule has 0 aliphatic carbocycles. The third-order valence-corrected chi connectivity index (χ3v) is 6.55. The maximum Gasteiger partial charge on any atom is 0.270 e. The number of para-hydroxylation sites is 1. The highest BCUT2D eigenvalue weighted by Gasteiger charge is 2.28. The van der Waals surface area contributed by atoms with Gasteiger partial charge >= 0.3 is 0 Å². The Bertz CT molecular complexity index is 1150. The van der Waals surface area contributed by atoms with Crippen LogP contribution >= 0.6 is 23.4 Å². The molecule has 4 rings (SSSR count). The van der Waals surface area contributed by atoms with Gasteiger partial charge in [-0.05, 0) is 18.6 Å². The average Bonchev–Trinajstić information content (AvgIpc) is 2.98. The lowest BCUT2D eigenvalue weighted by atomic mass is 10.1. The molecular formula is C23H24ClN5O3S. The molecule has 0 saturated heterocycles. The van der Waals surface area contributed by atoms with Crippen molar-refractivity contribution in [3.05, 3.63) is 63.2 Å². The summed E-state index contributed by atoms with van der Waals surface area (Å²) >= 11 is 7.94. The Labute approximate surface area is 201 Å². The number of non-ortho nitro benzene ring substituents is 1. The van der Waals surface area contributed by atoms with E-state index in [1.807, 2.05) is 24.3 Å². The van der Waals surface area contributed by atoms with E-state index < -0.39 is 11.2 Å². The van der Waals surface area contributed by atoms with Crippen molar-refractivity contribution >= 4 is 34.7 Å². The molecule has 1 aliphatic rings. The van der Waals surface area contributed by atoms with E-state index in [0.717, 1.165) is 23.4 Å². The number of benzene rings is 2. The van der Waals surface area contributed by atoms with E-state index in [4.69, 9.17) is 16.3 Å². The van der Waals surface area contributed by atoms with Gasteiger partial charge in [-0.2, -0.15) is 4.98 Å². The standard InChI is InChI=1S/C23H24ClN5O3S/c1-2-3-4-5-8-13-33-23-26-22-20(27-28-23)16-9-6-7-10-19(16)25-21(32-22)17-14-15(29(30)31)11-12-18(17)24/h6-7,9-12,14,21,25H,2-5,8,13H2,1H3/t21-/m1/s1. The molecule has 8 nitrogen and oxygen atoms in total. The van der Waals surface area contributed by atoms with Crippen molar-refractivity contribution in [1.82, 2.24) is 15.2 Å². The largest absolute Gasteiger partial charge is 0.448 e. The molecule has 1 atom stereocenters. The fourth-order valence-corrected chi connectivity index (χ4v) is 4.56. The smallest absolute Gasteiger partial charge is 0.270 e. The van der Waals surface area contributed by atoms with Crippen molar-refractivity contribution in [2.75, 3.05) is 11.1 Å². The molecule has 0 bridgehead atoms. The number of rotatable bonds is 9. The maximum absolute atomic E-state index is 11.3. The summed E-state index contributed by atoms with van der Waals surface area (Å²) < 4.78 is 6.20. The number of halogens is 1. The Hall–Kier alpha value is -2.91. The topological polar surface area (TPSA) is 103 Å². The molecule has 1 N–H and O–H groups in total. The highest BCUT2D eigenvalue weighted by atomic mass is 35.5. The summed E-state index contributed by atoms with van der Waals surface area (Å²) in [6.45, 7) is 2.20. The molecule has 2 heterocycles. The number of unbranched alkanes of at least 4 members (excludes halogenated alkanes) is 4. The predicted molar refractivity (Wildman–Crippen MR) is 130 cm³/mol. The Morgan fingerprint density at radius 2 is 1.97 bits per heavy atom. The number of hydrogen-bond donors (Lipinski definition) is 1.